The highest BCUT2D eigenvalue weighted by atomic mass is 32.1. The maximum Gasteiger partial charge on any atom is 0.343 e. The summed E-state index contributed by atoms with van der Waals surface area (Å²) in [5.74, 6) is -1.24. The van der Waals surface area contributed by atoms with E-state index in [2.05, 4.69) is 12.6 Å². The lowest BCUT2D eigenvalue weighted by Crippen LogP contribution is -2.27. The van der Waals surface area contributed by atoms with Crippen LogP contribution in [0.2, 0.25) is 0 Å². The molecule has 0 radical (unpaired) electrons. The zero-order valence-electron chi connectivity index (χ0n) is 13.6. The fourth-order valence-electron chi connectivity index (χ4n) is 1.98. The number of thiol groups is 1. The second-order valence-electron chi connectivity index (χ2n) is 7.08. The van der Waals surface area contributed by atoms with Crippen LogP contribution in [-0.4, -0.2) is 23.1 Å². The molecule has 22 heavy (non-hydrogen) atoms. The van der Waals surface area contributed by atoms with Gasteiger partial charge >= 0.3 is 11.9 Å². The summed E-state index contributed by atoms with van der Waals surface area (Å²) in [4.78, 5) is 25.3. The van der Waals surface area contributed by atoms with Crippen LogP contribution in [0.25, 0.3) is 11.2 Å². The van der Waals surface area contributed by atoms with Gasteiger partial charge in [0.1, 0.15) is 27.9 Å². The van der Waals surface area contributed by atoms with Gasteiger partial charge in [0, 0.05) is 0 Å². The fraction of sp³-hybridized carbons (Fsp3) is 0.500. The number of carbonyl (C=O) groups is 2. The van der Waals surface area contributed by atoms with Crippen molar-refractivity contribution in [2.45, 2.75) is 57.6 Å². The van der Waals surface area contributed by atoms with Gasteiger partial charge in [-0.2, -0.15) is 0 Å². The second-order valence-corrected chi connectivity index (χ2v) is 7.56. The quantitative estimate of drug-likeness (QED) is 0.666. The van der Waals surface area contributed by atoms with E-state index in [1.54, 1.807) is 47.6 Å². The third-order valence-corrected chi connectivity index (χ3v) is 2.97. The average Bonchev–Trinajstić information content (AvgIpc) is 2.79. The van der Waals surface area contributed by atoms with Crippen molar-refractivity contribution in [2.24, 2.45) is 0 Å². The number of hydrogen-bond donors (Lipinski definition) is 1. The number of fused-ring (bicyclic) bond motifs is 2. The van der Waals surface area contributed by atoms with Crippen LogP contribution < -0.4 is 0 Å². The Morgan fingerprint density at radius 1 is 0.955 bits per heavy atom. The predicted octanol–water partition coefficient (Wildman–Crippen LogP) is 4.07. The Bertz CT molecular complexity index is 715. The summed E-state index contributed by atoms with van der Waals surface area (Å²) in [6, 6.07) is 1.59. The van der Waals surface area contributed by atoms with Crippen LogP contribution in [0.3, 0.4) is 0 Å². The molecule has 2 aromatic rings. The van der Waals surface area contributed by atoms with Gasteiger partial charge in [0.2, 0.25) is 0 Å². The van der Waals surface area contributed by atoms with Crippen LogP contribution in [0.15, 0.2) is 15.4 Å². The van der Waals surface area contributed by atoms with E-state index < -0.39 is 23.1 Å². The van der Waals surface area contributed by atoms with Crippen molar-refractivity contribution in [1.82, 2.24) is 0 Å². The number of furan rings is 2. The lowest BCUT2D eigenvalue weighted by atomic mass is 10.1. The Morgan fingerprint density at radius 3 is 1.86 bits per heavy atom. The zero-order valence-corrected chi connectivity index (χ0v) is 14.5. The first-order valence-corrected chi connectivity index (χ1v) is 7.38. The molecule has 5 nitrogen and oxygen atoms in total. The number of benzene rings is 1. The van der Waals surface area contributed by atoms with Crippen molar-refractivity contribution in [1.29, 1.82) is 0 Å². The van der Waals surface area contributed by atoms with Gasteiger partial charge in [-0.3, -0.25) is 0 Å². The number of ether oxygens (including phenoxy) is 2. The van der Waals surface area contributed by atoms with Crippen molar-refractivity contribution in [2.75, 3.05) is 0 Å². The van der Waals surface area contributed by atoms with Crippen LogP contribution in [0.4, 0.5) is 0 Å². The molecule has 0 saturated carbocycles. The van der Waals surface area contributed by atoms with Crippen molar-refractivity contribution < 1.29 is 23.5 Å². The summed E-state index contributed by atoms with van der Waals surface area (Å²) in [6.45, 7) is 10.5. The Hall–Kier alpha value is -1.69. The van der Waals surface area contributed by atoms with Gasteiger partial charge in [0.15, 0.2) is 5.58 Å². The maximum atomic E-state index is 12.4. The molecule has 2 aromatic heterocycles. The lowest BCUT2D eigenvalue weighted by molar-refractivity contribution is 0.00226. The molecule has 0 fully saturated rings. The zero-order chi connectivity index (χ0) is 16.9. The standard InChI is InChI=1S/C16H20O5S/c1-15(2,3)20-13(17)10-8-7-9(22)12(19-8)11(10)14(18)21-16(4,5)6/h7,22H,1-6H3. The highest BCUT2D eigenvalue weighted by Gasteiger charge is 2.34. The Balaban J connectivity index is 2.48. The van der Waals surface area contributed by atoms with Gasteiger partial charge < -0.3 is 13.9 Å². The van der Waals surface area contributed by atoms with Crippen molar-refractivity contribution >= 4 is 35.7 Å². The summed E-state index contributed by atoms with van der Waals surface area (Å²) in [6.07, 6.45) is 0. The molecule has 0 aromatic carbocycles. The minimum Gasteiger partial charge on any atom is -0.456 e. The molecule has 0 amide bonds. The summed E-state index contributed by atoms with van der Waals surface area (Å²) in [7, 11) is 0. The van der Waals surface area contributed by atoms with Crippen LogP contribution in [0.5, 0.6) is 0 Å². The minimum absolute atomic E-state index is 0.0756. The van der Waals surface area contributed by atoms with Crippen LogP contribution in [-0.2, 0) is 9.47 Å². The number of esters is 2. The molecule has 0 aliphatic rings. The average molecular weight is 324 g/mol. The topological polar surface area (TPSA) is 65.7 Å². The summed E-state index contributed by atoms with van der Waals surface area (Å²) in [5.41, 5.74) is -0.674. The highest BCUT2D eigenvalue weighted by Crippen LogP contribution is 2.36. The molecule has 0 spiro atoms. The molecule has 2 heterocycles. The first-order valence-electron chi connectivity index (χ1n) is 6.93. The molecule has 6 heteroatoms. The molecule has 0 aliphatic carbocycles. The summed E-state index contributed by atoms with van der Waals surface area (Å²) >= 11 is 4.24. The van der Waals surface area contributed by atoms with E-state index in [-0.39, 0.29) is 22.3 Å². The molecule has 0 N–H and O–H groups in total. The van der Waals surface area contributed by atoms with Gasteiger partial charge in [0.25, 0.3) is 0 Å². The van der Waals surface area contributed by atoms with Crippen molar-refractivity contribution in [3.8, 4) is 0 Å². The number of carbonyl (C=O) groups excluding carboxylic acids is 2. The van der Waals surface area contributed by atoms with Crippen molar-refractivity contribution in [3.05, 3.63) is 17.2 Å². The molecule has 2 rings (SSSR count). The first-order chi connectivity index (χ1) is 9.89. The van der Waals surface area contributed by atoms with Gasteiger partial charge in [-0.1, -0.05) is 0 Å². The summed E-state index contributed by atoms with van der Waals surface area (Å²) < 4.78 is 16.2. The third kappa shape index (κ3) is 3.38. The monoisotopic (exact) mass is 324 g/mol. The molecular weight excluding hydrogens is 304 g/mol. The summed E-state index contributed by atoms with van der Waals surface area (Å²) in [5, 5.41) is 0. The predicted molar refractivity (Wildman–Crippen MR) is 85.0 cm³/mol. The van der Waals surface area contributed by atoms with Crippen molar-refractivity contribution in [3.63, 3.8) is 0 Å². The number of hydrogen-bond acceptors (Lipinski definition) is 6. The molecule has 120 valence electrons. The Labute approximate surface area is 134 Å². The number of rotatable bonds is 2. The molecule has 0 unspecified atom stereocenters. The van der Waals surface area contributed by atoms with Gasteiger partial charge in [-0.15, -0.1) is 12.6 Å². The minimum atomic E-state index is -0.684. The van der Waals surface area contributed by atoms with Gasteiger partial charge in [-0.25, -0.2) is 9.59 Å². The van der Waals surface area contributed by atoms with E-state index in [1.807, 2.05) is 0 Å². The second kappa shape index (κ2) is 5.19. The maximum absolute atomic E-state index is 12.4. The Morgan fingerprint density at radius 2 is 1.41 bits per heavy atom. The van der Waals surface area contributed by atoms with Crippen LogP contribution >= 0.6 is 12.6 Å². The first kappa shape index (κ1) is 16.7. The molecule has 2 bridgehead atoms. The fourth-order valence-corrected chi connectivity index (χ4v) is 2.25. The van der Waals surface area contributed by atoms with Crippen LogP contribution in [0, 0.1) is 0 Å². The van der Waals surface area contributed by atoms with E-state index in [4.69, 9.17) is 13.9 Å². The van der Waals surface area contributed by atoms with Gasteiger partial charge in [0.05, 0.1) is 4.90 Å². The third-order valence-electron chi connectivity index (χ3n) is 2.64. The molecule has 0 aliphatic heterocycles. The lowest BCUT2D eigenvalue weighted by Gasteiger charge is -2.21. The van der Waals surface area contributed by atoms with Crippen LogP contribution in [0.1, 0.15) is 62.3 Å². The Kier molecular flexibility index (Phi) is 3.94. The highest BCUT2D eigenvalue weighted by molar-refractivity contribution is 7.80. The molecule has 0 saturated heterocycles. The van der Waals surface area contributed by atoms with Gasteiger partial charge in [-0.05, 0) is 47.6 Å². The van der Waals surface area contributed by atoms with E-state index >= 15 is 0 Å². The largest absolute Gasteiger partial charge is 0.456 e. The normalized spacial score (nSPS) is 12.7. The smallest absolute Gasteiger partial charge is 0.343 e. The SMILES string of the molecule is CC(C)(C)OC(=O)c1c(C(=O)OC(C)(C)C)c2oc1cc2S. The van der Waals surface area contributed by atoms with E-state index in [9.17, 15) is 9.59 Å². The van der Waals surface area contributed by atoms with E-state index in [1.165, 1.54) is 0 Å². The van der Waals surface area contributed by atoms with E-state index in [0.717, 1.165) is 0 Å². The molecule has 0 atom stereocenters. The molecular formula is C16H20O5S. The van der Waals surface area contributed by atoms with E-state index in [0.29, 0.717) is 4.90 Å².